The summed E-state index contributed by atoms with van der Waals surface area (Å²) in [6, 6.07) is 5.12. The maximum Gasteiger partial charge on any atom is 0.254 e. The van der Waals surface area contributed by atoms with Gasteiger partial charge in [0.1, 0.15) is 5.75 Å². The number of hydrogen-bond donors (Lipinski definition) is 2. The number of carbonyl (C=O) groups is 1. The summed E-state index contributed by atoms with van der Waals surface area (Å²) in [7, 11) is 0. The SMILES string of the molecule is Cc1c(O)cccc1C(=O)N1CCN(CCCCN)CC1. The molecule has 1 saturated heterocycles. The van der Waals surface area contributed by atoms with Crippen molar-refractivity contribution in [1.82, 2.24) is 9.80 Å². The van der Waals surface area contributed by atoms with Crippen molar-refractivity contribution in [3.8, 4) is 5.75 Å². The van der Waals surface area contributed by atoms with Crippen LogP contribution < -0.4 is 5.73 Å². The Kier molecular flexibility index (Phi) is 5.59. The van der Waals surface area contributed by atoms with Gasteiger partial charge in [0.2, 0.25) is 0 Å². The van der Waals surface area contributed by atoms with E-state index in [-0.39, 0.29) is 11.7 Å². The van der Waals surface area contributed by atoms with E-state index in [0.29, 0.717) is 11.1 Å². The van der Waals surface area contributed by atoms with E-state index >= 15 is 0 Å². The lowest BCUT2D eigenvalue weighted by Crippen LogP contribution is -2.49. The van der Waals surface area contributed by atoms with Crippen molar-refractivity contribution in [1.29, 1.82) is 0 Å². The molecule has 1 fully saturated rings. The third-order valence-corrected chi connectivity index (χ3v) is 4.12. The first kappa shape index (κ1) is 15.8. The van der Waals surface area contributed by atoms with Crippen LogP contribution in [-0.4, -0.2) is 60.1 Å². The van der Waals surface area contributed by atoms with Gasteiger partial charge in [-0.1, -0.05) is 6.07 Å². The Hall–Kier alpha value is -1.59. The molecule has 5 heteroatoms. The first-order valence-electron chi connectivity index (χ1n) is 7.63. The average molecular weight is 291 g/mol. The molecule has 0 unspecified atom stereocenters. The summed E-state index contributed by atoms with van der Waals surface area (Å²) in [6.45, 7) is 6.90. The van der Waals surface area contributed by atoms with E-state index in [9.17, 15) is 9.90 Å². The normalized spacial score (nSPS) is 16.2. The average Bonchev–Trinajstić information content (AvgIpc) is 2.50. The first-order valence-corrected chi connectivity index (χ1v) is 7.63. The maximum atomic E-state index is 12.5. The predicted molar refractivity (Wildman–Crippen MR) is 83.5 cm³/mol. The molecule has 2 rings (SSSR count). The largest absolute Gasteiger partial charge is 0.508 e. The minimum atomic E-state index is 0.0185. The van der Waals surface area contributed by atoms with Crippen LogP contribution in [0.4, 0.5) is 0 Å². The van der Waals surface area contributed by atoms with Gasteiger partial charge in [0.25, 0.3) is 5.91 Å². The van der Waals surface area contributed by atoms with E-state index in [1.165, 1.54) is 0 Å². The van der Waals surface area contributed by atoms with E-state index in [2.05, 4.69) is 4.90 Å². The summed E-state index contributed by atoms with van der Waals surface area (Å²) in [6.07, 6.45) is 2.18. The number of nitrogens with zero attached hydrogens (tertiary/aromatic N) is 2. The molecule has 21 heavy (non-hydrogen) atoms. The molecule has 1 aliphatic rings. The third-order valence-electron chi connectivity index (χ3n) is 4.12. The minimum Gasteiger partial charge on any atom is -0.508 e. The van der Waals surface area contributed by atoms with Gasteiger partial charge in [-0.3, -0.25) is 9.69 Å². The summed E-state index contributed by atoms with van der Waals surface area (Å²) in [5.74, 6) is 0.200. The Morgan fingerprint density at radius 1 is 1.24 bits per heavy atom. The highest BCUT2D eigenvalue weighted by Gasteiger charge is 2.23. The predicted octanol–water partition coefficient (Wildman–Crippen LogP) is 1.20. The molecular weight excluding hydrogens is 266 g/mol. The Balaban J connectivity index is 1.90. The van der Waals surface area contributed by atoms with E-state index < -0.39 is 0 Å². The van der Waals surface area contributed by atoms with E-state index in [1.54, 1.807) is 25.1 Å². The van der Waals surface area contributed by atoms with Crippen LogP contribution in [0.15, 0.2) is 18.2 Å². The highest BCUT2D eigenvalue weighted by molar-refractivity contribution is 5.96. The van der Waals surface area contributed by atoms with Crippen molar-refractivity contribution in [2.45, 2.75) is 19.8 Å². The molecule has 1 amide bonds. The maximum absolute atomic E-state index is 12.5. The molecule has 0 spiro atoms. The number of phenols is 1. The fourth-order valence-corrected chi connectivity index (χ4v) is 2.68. The second-order valence-corrected chi connectivity index (χ2v) is 5.58. The number of aromatic hydroxyl groups is 1. The molecule has 1 aliphatic heterocycles. The fourth-order valence-electron chi connectivity index (χ4n) is 2.68. The van der Waals surface area contributed by atoms with Gasteiger partial charge in [-0.15, -0.1) is 0 Å². The molecule has 1 aromatic carbocycles. The van der Waals surface area contributed by atoms with Gasteiger partial charge < -0.3 is 15.7 Å². The summed E-state index contributed by atoms with van der Waals surface area (Å²) in [5, 5.41) is 9.72. The van der Waals surface area contributed by atoms with Crippen LogP contribution in [0.2, 0.25) is 0 Å². The third kappa shape index (κ3) is 3.95. The van der Waals surface area contributed by atoms with Crippen LogP contribution in [0.25, 0.3) is 0 Å². The van der Waals surface area contributed by atoms with Gasteiger partial charge in [0.15, 0.2) is 0 Å². The van der Waals surface area contributed by atoms with Crippen molar-refractivity contribution < 1.29 is 9.90 Å². The summed E-state index contributed by atoms with van der Waals surface area (Å²) < 4.78 is 0. The highest BCUT2D eigenvalue weighted by atomic mass is 16.3. The van der Waals surface area contributed by atoms with Crippen LogP contribution in [0.1, 0.15) is 28.8 Å². The fraction of sp³-hybridized carbons (Fsp3) is 0.562. The monoisotopic (exact) mass is 291 g/mol. The van der Waals surface area contributed by atoms with Gasteiger partial charge in [-0.25, -0.2) is 0 Å². The van der Waals surface area contributed by atoms with Gasteiger partial charge in [-0.2, -0.15) is 0 Å². The molecule has 0 saturated carbocycles. The Labute approximate surface area is 126 Å². The molecule has 0 aromatic heterocycles. The molecule has 0 bridgehead atoms. The molecular formula is C16H25N3O2. The van der Waals surface area contributed by atoms with Crippen molar-refractivity contribution in [2.75, 3.05) is 39.3 Å². The molecule has 116 valence electrons. The molecule has 1 heterocycles. The van der Waals surface area contributed by atoms with Gasteiger partial charge in [-0.05, 0) is 45.0 Å². The van der Waals surface area contributed by atoms with Crippen LogP contribution in [0, 0.1) is 6.92 Å². The van der Waals surface area contributed by atoms with Crippen LogP contribution >= 0.6 is 0 Å². The molecule has 5 nitrogen and oxygen atoms in total. The smallest absolute Gasteiger partial charge is 0.254 e. The van der Waals surface area contributed by atoms with E-state index in [1.807, 2.05) is 4.90 Å². The number of amides is 1. The molecule has 1 aromatic rings. The lowest BCUT2D eigenvalue weighted by atomic mass is 10.1. The number of unbranched alkanes of at least 4 members (excludes halogenated alkanes) is 1. The second kappa shape index (κ2) is 7.43. The van der Waals surface area contributed by atoms with Crippen molar-refractivity contribution >= 4 is 5.91 Å². The van der Waals surface area contributed by atoms with Crippen LogP contribution in [-0.2, 0) is 0 Å². The Morgan fingerprint density at radius 3 is 2.62 bits per heavy atom. The second-order valence-electron chi connectivity index (χ2n) is 5.58. The number of hydrogen-bond acceptors (Lipinski definition) is 4. The number of piperazine rings is 1. The summed E-state index contributed by atoms with van der Waals surface area (Å²) >= 11 is 0. The molecule has 0 aliphatic carbocycles. The Bertz CT molecular complexity index is 482. The standard InChI is InChI=1S/C16H25N3O2/c1-13-14(5-4-6-15(13)20)16(21)19-11-9-18(10-12-19)8-3-2-7-17/h4-6,20H,2-3,7-12,17H2,1H3. The van der Waals surface area contributed by atoms with Crippen LogP contribution in [0.3, 0.4) is 0 Å². The lowest BCUT2D eigenvalue weighted by Gasteiger charge is -2.35. The zero-order valence-electron chi connectivity index (χ0n) is 12.7. The van der Waals surface area contributed by atoms with E-state index in [4.69, 9.17) is 5.73 Å². The minimum absolute atomic E-state index is 0.0185. The van der Waals surface area contributed by atoms with Gasteiger partial charge in [0, 0.05) is 37.3 Å². The Morgan fingerprint density at radius 2 is 1.95 bits per heavy atom. The number of carbonyl (C=O) groups excluding carboxylic acids is 1. The van der Waals surface area contributed by atoms with Gasteiger partial charge in [0.05, 0.1) is 0 Å². The number of rotatable bonds is 5. The summed E-state index contributed by atoms with van der Waals surface area (Å²) in [4.78, 5) is 16.8. The van der Waals surface area contributed by atoms with E-state index in [0.717, 1.165) is 52.1 Å². The summed E-state index contributed by atoms with van der Waals surface area (Å²) in [5.41, 5.74) is 6.77. The van der Waals surface area contributed by atoms with Crippen molar-refractivity contribution in [3.05, 3.63) is 29.3 Å². The number of nitrogens with two attached hydrogens (primary N) is 1. The number of benzene rings is 1. The molecule has 3 N–H and O–H groups in total. The quantitative estimate of drug-likeness (QED) is 0.800. The highest BCUT2D eigenvalue weighted by Crippen LogP contribution is 2.21. The zero-order valence-corrected chi connectivity index (χ0v) is 12.7. The van der Waals surface area contributed by atoms with Crippen molar-refractivity contribution in [3.63, 3.8) is 0 Å². The molecule has 0 atom stereocenters. The van der Waals surface area contributed by atoms with Gasteiger partial charge >= 0.3 is 0 Å². The van der Waals surface area contributed by atoms with Crippen molar-refractivity contribution in [2.24, 2.45) is 5.73 Å². The topological polar surface area (TPSA) is 69.8 Å². The lowest BCUT2D eigenvalue weighted by molar-refractivity contribution is 0.0634. The van der Waals surface area contributed by atoms with Crippen LogP contribution in [0.5, 0.6) is 5.75 Å². The molecule has 0 radical (unpaired) electrons. The number of phenolic OH excluding ortho intramolecular Hbond substituents is 1. The zero-order chi connectivity index (χ0) is 15.2. The first-order chi connectivity index (χ1) is 10.1.